The van der Waals surface area contributed by atoms with E-state index in [2.05, 4.69) is 0 Å². The second kappa shape index (κ2) is 6.21. The van der Waals surface area contributed by atoms with Crippen LogP contribution in [0.15, 0.2) is 23.1 Å². The molecule has 1 N–H and O–H groups in total. The normalized spacial score (nSPS) is 20.2. The first-order valence-corrected chi connectivity index (χ1v) is 8.24. The van der Waals surface area contributed by atoms with Gasteiger partial charge in [0, 0.05) is 24.2 Å². The van der Waals surface area contributed by atoms with Crippen LogP contribution in [0.3, 0.4) is 0 Å². The van der Waals surface area contributed by atoms with Crippen LogP contribution in [0.5, 0.6) is 5.75 Å². The Kier molecular flexibility index (Phi) is 4.75. The maximum atomic E-state index is 12.7. The number of benzene rings is 1. The number of hydrogen-bond donors (Lipinski definition) is 1. The van der Waals surface area contributed by atoms with Crippen molar-refractivity contribution in [1.29, 1.82) is 0 Å². The molecule has 1 aromatic rings. The van der Waals surface area contributed by atoms with Crippen LogP contribution in [-0.4, -0.2) is 44.0 Å². The molecule has 0 saturated carbocycles. The molecular formula is C13H16ClNO5S. The van der Waals surface area contributed by atoms with E-state index in [9.17, 15) is 13.2 Å². The van der Waals surface area contributed by atoms with Crippen LogP contribution < -0.4 is 4.74 Å². The smallest absolute Gasteiger partial charge is 0.307 e. The van der Waals surface area contributed by atoms with Crippen LogP contribution in [0.1, 0.15) is 12.8 Å². The first-order chi connectivity index (χ1) is 9.86. The number of carboxylic acid groups (broad SMARTS) is 1. The summed E-state index contributed by atoms with van der Waals surface area (Å²) < 4.78 is 31.6. The van der Waals surface area contributed by atoms with Crippen molar-refractivity contribution in [2.75, 3.05) is 20.2 Å². The highest BCUT2D eigenvalue weighted by molar-refractivity contribution is 7.89. The number of nitrogens with zero attached hydrogens (tertiary/aromatic N) is 1. The van der Waals surface area contributed by atoms with Crippen LogP contribution in [0.25, 0.3) is 0 Å². The van der Waals surface area contributed by atoms with Gasteiger partial charge in [-0.1, -0.05) is 11.6 Å². The van der Waals surface area contributed by atoms with E-state index >= 15 is 0 Å². The van der Waals surface area contributed by atoms with Crippen molar-refractivity contribution in [2.24, 2.45) is 5.92 Å². The topological polar surface area (TPSA) is 83.9 Å². The summed E-state index contributed by atoms with van der Waals surface area (Å²) in [6, 6.07) is 4.27. The van der Waals surface area contributed by atoms with Gasteiger partial charge in [-0.2, -0.15) is 4.31 Å². The molecule has 1 heterocycles. The van der Waals surface area contributed by atoms with E-state index < -0.39 is 21.9 Å². The van der Waals surface area contributed by atoms with Crippen molar-refractivity contribution in [3.63, 3.8) is 0 Å². The third kappa shape index (κ3) is 3.30. The second-order valence-electron chi connectivity index (χ2n) is 4.84. The summed E-state index contributed by atoms with van der Waals surface area (Å²) in [5.74, 6) is -1.50. The fourth-order valence-electron chi connectivity index (χ4n) is 2.36. The van der Waals surface area contributed by atoms with E-state index in [0.717, 1.165) is 0 Å². The highest BCUT2D eigenvalue weighted by Crippen LogP contribution is 2.31. The van der Waals surface area contributed by atoms with Gasteiger partial charge in [-0.25, -0.2) is 8.42 Å². The molecule has 0 amide bonds. The van der Waals surface area contributed by atoms with Gasteiger partial charge in [0.1, 0.15) is 10.6 Å². The number of piperidine rings is 1. The monoisotopic (exact) mass is 333 g/mol. The van der Waals surface area contributed by atoms with Gasteiger partial charge in [-0.05, 0) is 25.0 Å². The molecule has 6 nitrogen and oxygen atoms in total. The standard InChI is InChI=1S/C13H16ClNO5S/c1-20-11-7-10(14)4-5-12(11)21(18,19)15-6-2-3-9(8-15)13(16)17/h4-5,7,9H,2-3,6,8H2,1H3,(H,16,17)/t9-/m0/s1. The average molecular weight is 334 g/mol. The predicted molar refractivity (Wildman–Crippen MR) is 77.1 cm³/mol. The van der Waals surface area contributed by atoms with Gasteiger partial charge < -0.3 is 9.84 Å². The molecule has 1 aliphatic rings. The number of halogens is 1. The third-order valence-electron chi connectivity index (χ3n) is 3.48. The lowest BCUT2D eigenvalue weighted by Crippen LogP contribution is -2.42. The number of rotatable bonds is 4. The van der Waals surface area contributed by atoms with Gasteiger partial charge in [-0.3, -0.25) is 4.79 Å². The summed E-state index contributed by atoms with van der Waals surface area (Å²) >= 11 is 5.83. The molecular weight excluding hydrogens is 318 g/mol. The number of methoxy groups -OCH3 is 1. The molecule has 1 aliphatic heterocycles. The first-order valence-electron chi connectivity index (χ1n) is 6.42. The van der Waals surface area contributed by atoms with Crippen molar-refractivity contribution in [1.82, 2.24) is 4.31 Å². The number of carboxylic acids is 1. The summed E-state index contributed by atoms with van der Waals surface area (Å²) in [4.78, 5) is 11.1. The minimum atomic E-state index is -3.80. The average Bonchev–Trinajstić information content (AvgIpc) is 2.46. The summed E-state index contributed by atoms with van der Waals surface area (Å²) in [6.45, 7) is 0.279. The summed E-state index contributed by atoms with van der Waals surface area (Å²) in [7, 11) is -2.44. The van der Waals surface area contributed by atoms with E-state index in [4.69, 9.17) is 21.4 Å². The highest BCUT2D eigenvalue weighted by Gasteiger charge is 2.34. The van der Waals surface area contributed by atoms with E-state index in [1.165, 1.54) is 29.6 Å². The van der Waals surface area contributed by atoms with Crippen LogP contribution in [0.2, 0.25) is 5.02 Å². The van der Waals surface area contributed by atoms with E-state index in [-0.39, 0.29) is 17.2 Å². The summed E-state index contributed by atoms with van der Waals surface area (Å²) in [5.41, 5.74) is 0. The number of hydrogen-bond acceptors (Lipinski definition) is 4. The zero-order chi connectivity index (χ0) is 15.6. The van der Waals surface area contributed by atoms with Crippen molar-refractivity contribution < 1.29 is 23.1 Å². The Labute approximate surface area is 128 Å². The molecule has 0 aromatic heterocycles. The Bertz CT molecular complexity index is 646. The second-order valence-corrected chi connectivity index (χ2v) is 7.18. The van der Waals surface area contributed by atoms with Gasteiger partial charge in [0.05, 0.1) is 13.0 Å². The molecule has 0 bridgehead atoms. The van der Waals surface area contributed by atoms with Crippen LogP contribution in [0.4, 0.5) is 0 Å². The number of ether oxygens (including phenoxy) is 1. The Morgan fingerprint density at radius 1 is 1.48 bits per heavy atom. The quantitative estimate of drug-likeness (QED) is 0.908. The Balaban J connectivity index is 2.36. The molecule has 21 heavy (non-hydrogen) atoms. The number of sulfonamides is 1. The highest BCUT2D eigenvalue weighted by atomic mass is 35.5. The van der Waals surface area contributed by atoms with E-state index in [1.807, 2.05) is 0 Å². The number of carbonyl (C=O) groups is 1. The van der Waals surface area contributed by atoms with Crippen LogP contribution >= 0.6 is 11.6 Å². The lowest BCUT2D eigenvalue weighted by molar-refractivity contribution is -0.142. The summed E-state index contributed by atoms with van der Waals surface area (Å²) in [5, 5.41) is 9.43. The molecule has 116 valence electrons. The molecule has 0 aliphatic carbocycles. The van der Waals surface area contributed by atoms with E-state index in [1.54, 1.807) is 0 Å². The third-order valence-corrected chi connectivity index (χ3v) is 5.62. The van der Waals surface area contributed by atoms with Crippen LogP contribution in [0, 0.1) is 5.92 Å². The SMILES string of the molecule is COc1cc(Cl)ccc1S(=O)(=O)N1CCC[C@H](C(=O)O)C1. The maximum absolute atomic E-state index is 12.7. The van der Waals surface area contributed by atoms with Gasteiger partial charge in [-0.15, -0.1) is 0 Å². The van der Waals surface area contributed by atoms with Crippen molar-refractivity contribution in [3.8, 4) is 5.75 Å². The van der Waals surface area contributed by atoms with Gasteiger partial charge in [0.2, 0.25) is 10.0 Å². The number of aliphatic carboxylic acids is 1. The molecule has 0 unspecified atom stereocenters. The fraction of sp³-hybridized carbons (Fsp3) is 0.462. The van der Waals surface area contributed by atoms with Crippen LogP contribution in [-0.2, 0) is 14.8 Å². The van der Waals surface area contributed by atoms with Crippen molar-refractivity contribution in [2.45, 2.75) is 17.7 Å². The lowest BCUT2D eigenvalue weighted by atomic mass is 10.0. The Morgan fingerprint density at radius 2 is 2.19 bits per heavy atom. The zero-order valence-corrected chi connectivity index (χ0v) is 13.0. The van der Waals surface area contributed by atoms with E-state index in [0.29, 0.717) is 24.4 Å². The van der Waals surface area contributed by atoms with Crippen molar-refractivity contribution in [3.05, 3.63) is 23.2 Å². The molecule has 0 spiro atoms. The molecule has 1 aromatic carbocycles. The first kappa shape index (κ1) is 16.1. The molecule has 0 radical (unpaired) electrons. The zero-order valence-electron chi connectivity index (χ0n) is 11.5. The molecule has 8 heteroatoms. The molecule has 1 saturated heterocycles. The minimum absolute atomic E-state index is 0.000406. The fourth-order valence-corrected chi connectivity index (χ4v) is 4.18. The van der Waals surface area contributed by atoms with Gasteiger partial charge in [0.25, 0.3) is 0 Å². The van der Waals surface area contributed by atoms with Crippen molar-refractivity contribution >= 4 is 27.6 Å². The molecule has 1 atom stereocenters. The minimum Gasteiger partial charge on any atom is -0.495 e. The van der Waals surface area contributed by atoms with Gasteiger partial charge in [0.15, 0.2) is 0 Å². The molecule has 1 fully saturated rings. The predicted octanol–water partition coefficient (Wildman–Crippen LogP) is 1.83. The summed E-state index contributed by atoms with van der Waals surface area (Å²) in [6.07, 6.45) is 1.01. The lowest BCUT2D eigenvalue weighted by Gasteiger charge is -2.30. The van der Waals surface area contributed by atoms with Gasteiger partial charge >= 0.3 is 5.97 Å². The Morgan fingerprint density at radius 3 is 2.81 bits per heavy atom. The maximum Gasteiger partial charge on any atom is 0.307 e. The Hall–Kier alpha value is -1.31. The largest absolute Gasteiger partial charge is 0.495 e. The molecule has 2 rings (SSSR count).